The molecule has 0 aliphatic rings. The highest BCUT2D eigenvalue weighted by molar-refractivity contribution is 9.10. The smallest absolute Gasteiger partial charge is 0.271 e. The molecule has 0 saturated heterocycles. The van der Waals surface area contributed by atoms with Crippen LogP contribution >= 0.6 is 27.5 Å². The van der Waals surface area contributed by atoms with E-state index in [9.17, 15) is 9.59 Å². The molecule has 3 aromatic carbocycles. The third-order valence-electron chi connectivity index (χ3n) is 4.09. The van der Waals surface area contributed by atoms with Crippen LogP contribution in [0.2, 0.25) is 5.02 Å². The fourth-order valence-corrected chi connectivity index (χ4v) is 3.26. The minimum atomic E-state index is -0.384. The van der Waals surface area contributed by atoms with Crippen LogP contribution in [-0.4, -0.2) is 18.0 Å². The molecule has 0 fully saturated rings. The quantitative estimate of drug-likeness (QED) is 0.336. The molecule has 6 nitrogen and oxygen atoms in total. The fourth-order valence-electron chi connectivity index (χ4n) is 2.63. The van der Waals surface area contributed by atoms with Crippen molar-refractivity contribution in [1.29, 1.82) is 0 Å². The Labute approximate surface area is 193 Å². The highest BCUT2D eigenvalue weighted by Gasteiger charge is 2.06. The first kappa shape index (κ1) is 22.5. The van der Waals surface area contributed by atoms with Gasteiger partial charge in [0.15, 0.2) is 0 Å². The van der Waals surface area contributed by atoms with Crippen molar-refractivity contribution < 1.29 is 14.3 Å². The normalized spacial score (nSPS) is 10.7. The summed E-state index contributed by atoms with van der Waals surface area (Å²) in [6.45, 7) is 1.82. The van der Waals surface area contributed by atoms with E-state index in [1.807, 2.05) is 42.5 Å². The van der Waals surface area contributed by atoms with Gasteiger partial charge >= 0.3 is 0 Å². The number of anilines is 1. The molecule has 158 valence electrons. The Hall–Kier alpha value is -3.16. The summed E-state index contributed by atoms with van der Waals surface area (Å²) in [5.74, 6) is 0.0955. The van der Waals surface area contributed by atoms with E-state index in [1.165, 1.54) is 13.1 Å². The number of hydrogen-bond acceptors (Lipinski definition) is 4. The molecule has 0 unspecified atom stereocenters. The summed E-state index contributed by atoms with van der Waals surface area (Å²) >= 11 is 9.38. The molecule has 0 heterocycles. The molecule has 0 spiro atoms. The molecule has 0 aromatic heterocycles. The molecule has 0 aliphatic carbocycles. The second-order valence-electron chi connectivity index (χ2n) is 6.57. The number of amides is 2. The Morgan fingerprint density at radius 2 is 1.87 bits per heavy atom. The number of nitrogens with zero attached hydrogens (tertiary/aromatic N) is 1. The molecule has 2 N–H and O–H groups in total. The van der Waals surface area contributed by atoms with Gasteiger partial charge in [-0.05, 0) is 75.6 Å². The van der Waals surface area contributed by atoms with Crippen LogP contribution in [0.15, 0.2) is 76.3 Å². The highest BCUT2D eigenvalue weighted by Crippen LogP contribution is 2.26. The highest BCUT2D eigenvalue weighted by atomic mass is 79.9. The van der Waals surface area contributed by atoms with Crippen molar-refractivity contribution in [2.24, 2.45) is 5.10 Å². The summed E-state index contributed by atoms with van der Waals surface area (Å²) in [6, 6.07) is 19.5. The van der Waals surface area contributed by atoms with E-state index in [0.29, 0.717) is 28.6 Å². The van der Waals surface area contributed by atoms with Gasteiger partial charge in [0.2, 0.25) is 5.91 Å². The summed E-state index contributed by atoms with van der Waals surface area (Å²) in [5.41, 5.74) is 5.18. The molecule has 0 aliphatic heterocycles. The van der Waals surface area contributed by atoms with Gasteiger partial charge in [-0.1, -0.05) is 29.8 Å². The average Bonchev–Trinajstić information content (AvgIpc) is 2.74. The van der Waals surface area contributed by atoms with Crippen LogP contribution < -0.4 is 15.5 Å². The molecule has 3 rings (SSSR count). The van der Waals surface area contributed by atoms with Gasteiger partial charge in [0.05, 0.1) is 10.7 Å². The zero-order valence-corrected chi connectivity index (χ0v) is 18.9. The second-order valence-corrected chi connectivity index (χ2v) is 7.86. The van der Waals surface area contributed by atoms with Crippen molar-refractivity contribution in [3.8, 4) is 5.75 Å². The lowest BCUT2D eigenvalue weighted by molar-refractivity contribution is -0.114. The number of benzene rings is 3. The van der Waals surface area contributed by atoms with Crippen LogP contribution in [0, 0.1) is 0 Å². The Bertz CT molecular complexity index is 1120. The summed E-state index contributed by atoms with van der Waals surface area (Å²) in [7, 11) is 0. The largest absolute Gasteiger partial charge is 0.488 e. The maximum atomic E-state index is 12.3. The molecule has 31 heavy (non-hydrogen) atoms. The minimum absolute atomic E-state index is 0.207. The fraction of sp³-hybridized carbons (Fsp3) is 0.0870. The van der Waals surface area contributed by atoms with Gasteiger partial charge in [0.1, 0.15) is 12.4 Å². The van der Waals surface area contributed by atoms with Gasteiger partial charge in [-0.15, -0.1) is 0 Å². The maximum Gasteiger partial charge on any atom is 0.271 e. The van der Waals surface area contributed by atoms with E-state index < -0.39 is 0 Å². The maximum absolute atomic E-state index is 12.3. The van der Waals surface area contributed by atoms with Crippen molar-refractivity contribution >= 4 is 51.2 Å². The van der Waals surface area contributed by atoms with E-state index in [4.69, 9.17) is 16.3 Å². The second kappa shape index (κ2) is 10.7. The Kier molecular flexibility index (Phi) is 7.81. The van der Waals surface area contributed by atoms with Crippen LogP contribution in [0.25, 0.3) is 0 Å². The Morgan fingerprint density at radius 1 is 1.10 bits per heavy atom. The first-order valence-corrected chi connectivity index (χ1v) is 10.5. The van der Waals surface area contributed by atoms with Crippen molar-refractivity contribution in [3.05, 3.63) is 92.9 Å². The number of hydrogen-bond donors (Lipinski definition) is 2. The van der Waals surface area contributed by atoms with Crippen molar-refractivity contribution in [2.45, 2.75) is 13.5 Å². The lowest BCUT2D eigenvalue weighted by Gasteiger charge is -2.09. The zero-order chi connectivity index (χ0) is 22.2. The standard InChI is InChI=1S/C23H19BrClN3O3/c1-15(29)27-20-4-2-3-18(12-20)23(30)28-26-13-17-7-10-22(21(24)11-17)31-14-16-5-8-19(25)9-6-16/h2-13H,14H2,1H3,(H,27,29)(H,28,30)/b26-13-. The number of carbonyl (C=O) groups is 2. The molecule has 3 aromatic rings. The Morgan fingerprint density at radius 3 is 2.58 bits per heavy atom. The van der Waals surface area contributed by atoms with Crippen LogP contribution in [0.3, 0.4) is 0 Å². The summed E-state index contributed by atoms with van der Waals surface area (Å²) in [4.78, 5) is 23.4. The van der Waals surface area contributed by atoms with E-state index in [2.05, 4.69) is 31.8 Å². The van der Waals surface area contributed by atoms with Crippen molar-refractivity contribution in [2.75, 3.05) is 5.32 Å². The van der Waals surface area contributed by atoms with Crippen LogP contribution in [0.5, 0.6) is 5.75 Å². The topological polar surface area (TPSA) is 79.8 Å². The molecular formula is C23H19BrClN3O3. The van der Waals surface area contributed by atoms with Gasteiger partial charge in [0, 0.05) is 23.2 Å². The molecule has 0 bridgehead atoms. The van der Waals surface area contributed by atoms with E-state index >= 15 is 0 Å². The number of rotatable bonds is 7. The number of hydrazone groups is 1. The lowest BCUT2D eigenvalue weighted by atomic mass is 10.2. The SMILES string of the molecule is CC(=O)Nc1cccc(C(=O)N/N=C\c2ccc(OCc3ccc(Cl)cc3)c(Br)c2)c1. The van der Waals surface area contributed by atoms with Crippen molar-refractivity contribution in [3.63, 3.8) is 0 Å². The number of carbonyl (C=O) groups excluding carboxylic acids is 2. The molecule has 0 atom stereocenters. The number of ether oxygens (including phenoxy) is 1. The number of nitrogens with one attached hydrogen (secondary N) is 2. The third-order valence-corrected chi connectivity index (χ3v) is 4.96. The molecular weight excluding hydrogens is 482 g/mol. The van der Waals surface area contributed by atoms with Crippen LogP contribution in [0.1, 0.15) is 28.4 Å². The average molecular weight is 501 g/mol. The minimum Gasteiger partial charge on any atom is -0.488 e. The lowest BCUT2D eigenvalue weighted by Crippen LogP contribution is -2.18. The molecule has 0 radical (unpaired) electrons. The Balaban J connectivity index is 1.57. The van der Waals surface area contributed by atoms with Crippen LogP contribution in [0.4, 0.5) is 5.69 Å². The van der Waals surface area contributed by atoms with E-state index in [0.717, 1.165) is 15.6 Å². The van der Waals surface area contributed by atoms with Gasteiger partial charge in [0.25, 0.3) is 5.91 Å². The first-order valence-electron chi connectivity index (χ1n) is 9.28. The number of halogens is 2. The summed E-state index contributed by atoms with van der Waals surface area (Å²) in [5, 5.41) is 7.31. The van der Waals surface area contributed by atoms with E-state index in [1.54, 1.807) is 24.3 Å². The van der Waals surface area contributed by atoms with E-state index in [-0.39, 0.29) is 11.8 Å². The van der Waals surface area contributed by atoms with Gasteiger partial charge < -0.3 is 10.1 Å². The van der Waals surface area contributed by atoms with Gasteiger partial charge in [-0.25, -0.2) is 5.43 Å². The third kappa shape index (κ3) is 6.94. The molecule has 8 heteroatoms. The summed E-state index contributed by atoms with van der Waals surface area (Å²) in [6.07, 6.45) is 1.53. The van der Waals surface area contributed by atoms with Crippen LogP contribution in [-0.2, 0) is 11.4 Å². The first-order chi connectivity index (χ1) is 14.9. The monoisotopic (exact) mass is 499 g/mol. The predicted molar refractivity (Wildman–Crippen MR) is 126 cm³/mol. The zero-order valence-electron chi connectivity index (χ0n) is 16.6. The molecule has 2 amide bonds. The van der Waals surface area contributed by atoms with Gasteiger partial charge in [-0.2, -0.15) is 5.10 Å². The molecule has 0 saturated carbocycles. The van der Waals surface area contributed by atoms with Gasteiger partial charge in [-0.3, -0.25) is 9.59 Å². The predicted octanol–water partition coefficient (Wildman–Crippen LogP) is 5.40. The summed E-state index contributed by atoms with van der Waals surface area (Å²) < 4.78 is 6.59. The van der Waals surface area contributed by atoms with Crippen molar-refractivity contribution in [1.82, 2.24) is 5.43 Å².